The van der Waals surface area contributed by atoms with Crippen LogP contribution in [0.4, 0.5) is 5.69 Å². The van der Waals surface area contributed by atoms with E-state index in [0.717, 1.165) is 52.8 Å². The van der Waals surface area contributed by atoms with Crippen molar-refractivity contribution in [2.75, 3.05) is 25.1 Å². The average Bonchev–Trinajstić information content (AvgIpc) is 2.86. The topological polar surface area (TPSA) is 42.9 Å². The van der Waals surface area contributed by atoms with Crippen molar-refractivity contribution in [1.29, 1.82) is 0 Å². The number of hydrogen-bond donors (Lipinski definition) is 1. The van der Waals surface area contributed by atoms with E-state index in [1.807, 2.05) is 30.3 Å². The van der Waals surface area contributed by atoms with Crippen molar-refractivity contribution < 1.29 is 9.47 Å². The van der Waals surface area contributed by atoms with E-state index in [2.05, 4.69) is 17.4 Å². The third-order valence-corrected chi connectivity index (χ3v) is 4.60. The summed E-state index contributed by atoms with van der Waals surface area (Å²) >= 11 is 5.54. The second kappa shape index (κ2) is 7.23. The molecule has 0 aliphatic carbocycles. The lowest BCUT2D eigenvalue weighted by molar-refractivity contribution is 0.297. The van der Waals surface area contributed by atoms with E-state index in [1.165, 1.54) is 5.56 Å². The molecule has 25 heavy (non-hydrogen) atoms. The molecule has 0 spiro atoms. The normalized spacial score (nSPS) is 15.6. The zero-order valence-corrected chi connectivity index (χ0v) is 14.8. The Labute approximate surface area is 152 Å². The Morgan fingerprint density at radius 2 is 1.84 bits per heavy atom. The molecule has 4 rings (SSSR count). The molecule has 0 saturated heterocycles. The molecule has 4 nitrogen and oxygen atoms in total. The van der Waals surface area contributed by atoms with E-state index in [-0.39, 0.29) is 0 Å². The van der Waals surface area contributed by atoms with Gasteiger partial charge in [0.25, 0.3) is 0 Å². The Morgan fingerprint density at radius 1 is 1.08 bits per heavy atom. The summed E-state index contributed by atoms with van der Waals surface area (Å²) in [6, 6.07) is 14.2. The Balaban J connectivity index is 1.55. The van der Waals surface area contributed by atoms with Crippen LogP contribution in [0.3, 0.4) is 0 Å². The van der Waals surface area contributed by atoms with Gasteiger partial charge in [-0.3, -0.25) is 4.99 Å². The number of fused-ring (bicyclic) bond motifs is 2. The molecule has 2 aromatic rings. The van der Waals surface area contributed by atoms with Crippen molar-refractivity contribution in [2.45, 2.75) is 19.3 Å². The molecule has 0 fully saturated rings. The third-order valence-electron chi connectivity index (χ3n) is 4.35. The number of benzene rings is 2. The molecule has 128 valence electrons. The van der Waals surface area contributed by atoms with Crippen molar-refractivity contribution in [1.82, 2.24) is 0 Å². The van der Waals surface area contributed by atoms with Crippen LogP contribution < -0.4 is 14.8 Å². The van der Waals surface area contributed by atoms with Gasteiger partial charge in [0.1, 0.15) is 0 Å². The van der Waals surface area contributed by atoms with Crippen molar-refractivity contribution in [2.24, 2.45) is 4.99 Å². The summed E-state index contributed by atoms with van der Waals surface area (Å²) in [6.45, 7) is 2.18. The van der Waals surface area contributed by atoms with Gasteiger partial charge in [-0.2, -0.15) is 0 Å². The highest BCUT2D eigenvalue weighted by Gasteiger charge is 2.21. The maximum atomic E-state index is 5.84. The quantitative estimate of drug-likeness (QED) is 0.847. The molecule has 5 heteroatoms. The number of hydrogen-bond acceptors (Lipinski definition) is 4. The van der Waals surface area contributed by atoms with E-state index < -0.39 is 0 Å². The Morgan fingerprint density at radius 3 is 2.64 bits per heavy atom. The molecular weight excluding hydrogens is 332 g/mol. The summed E-state index contributed by atoms with van der Waals surface area (Å²) in [5.74, 6) is 1.66. The number of anilines is 1. The van der Waals surface area contributed by atoms with Gasteiger partial charge in [0.05, 0.1) is 18.2 Å². The van der Waals surface area contributed by atoms with E-state index in [9.17, 15) is 0 Å². The first-order valence-electron chi connectivity index (χ1n) is 8.61. The largest absolute Gasteiger partial charge is 0.490 e. The molecule has 0 unspecified atom stereocenters. The van der Waals surface area contributed by atoms with Crippen molar-refractivity contribution in [3.8, 4) is 11.5 Å². The zero-order chi connectivity index (χ0) is 17.1. The van der Waals surface area contributed by atoms with Gasteiger partial charge in [-0.05, 0) is 36.2 Å². The van der Waals surface area contributed by atoms with Gasteiger partial charge in [0, 0.05) is 36.3 Å². The van der Waals surface area contributed by atoms with E-state index in [4.69, 9.17) is 26.7 Å². The first-order chi connectivity index (χ1) is 12.3. The Kier molecular flexibility index (Phi) is 4.65. The number of thiocarbonyl (C=S) groups is 1. The summed E-state index contributed by atoms with van der Waals surface area (Å²) in [6.07, 6.45) is 2.45. The molecule has 0 bridgehead atoms. The second-order valence-corrected chi connectivity index (χ2v) is 6.67. The summed E-state index contributed by atoms with van der Waals surface area (Å²) < 4.78 is 11.6. The van der Waals surface area contributed by atoms with Crippen LogP contribution in [-0.4, -0.2) is 30.5 Å². The van der Waals surface area contributed by atoms with E-state index >= 15 is 0 Å². The standard InChI is InChI=1S/C20H20N2O2S/c25-20(22-15-5-2-1-3-6-15)13-17-16-12-19-18(23-9-4-10-24-19)11-14(16)7-8-21-17/h1-3,5-6,11-12H,4,7-10,13H2,(H,22,25). The van der Waals surface area contributed by atoms with Gasteiger partial charge < -0.3 is 14.8 Å². The molecule has 2 heterocycles. The molecule has 0 aromatic heterocycles. The van der Waals surface area contributed by atoms with Gasteiger partial charge in [-0.15, -0.1) is 0 Å². The zero-order valence-electron chi connectivity index (χ0n) is 14.0. The minimum atomic E-state index is 0.622. The van der Waals surface area contributed by atoms with Crippen LogP contribution in [0.5, 0.6) is 11.5 Å². The van der Waals surface area contributed by atoms with Crippen LogP contribution >= 0.6 is 12.2 Å². The average molecular weight is 352 g/mol. The minimum Gasteiger partial charge on any atom is -0.490 e. The summed E-state index contributed by atoms with van der Waals surface area (Å²) in [7, 11) is 0. The van der Waals surface area contributed by atoms with Crippen LogP contribution in [0.25, 0.3) is 0 Å². The van der Waals surface area contributed by atoms with Crippen LogP contribution in [0.2, 0.25) is 0 Å². The lowest BCUT2D eigenvalue weighted by Gasteiger charge is -2.20. The predicted octanol–water partition coefficient (Wildman–Crippen LogP) is 4.02. The van der Waals surface area contributed by atoms with Gasteiger partial charge in [-0.1, -0.05) is 30.4 Å². The number of nitrogens with one attached hydrogen (secondary N) is 1. The first-order valence-corrected chi connectivity index (χ1v) is 9.01. The fourth-order valence-corrected chi connectivity index (χ4v) is 3.41. The summed E-state index contributed by atoms with van der Waals surface area (Å²) in [4.78, 5) is 5.49. The number of aliphatic imine (C=N–C) groups is 1. The maximum Gasteiger partial charge on any atom is 0.161 e. The SMILES string of the molecule is S=C(CC1=NCCc2cc3c(cc21)OCCCO3)Nc1ccccc1. The Bertz CT molecular complexity index is 818. The highest BCUT2D eigenvalue weighted by atomic mass is 32.1. The second-order valence-electron chi connectivity index (χ2n) is 6.18. The minimum absolute atomic E-state index is 0.622. The van der Waals surface area contributed by atoms with Gasteiger partial charge in [0.15, 0.2) is 11.5 Å². The number of para-hydroxylation sites is 1. The molecular formula is C20H20N2O2S. The highest BCUT2D eigenvalue weighted by molar-refractivity contribution is 7.80. The first kappa shape index (κ1) is 16.1. The number of nitrogens with zero attached hydrogens (tertiary/aromatic N) is 1. The van der Waals surface area contributed by atoms with Crippen LogP contribution in [0, 0.1) is 0 Å². The molecule has 2 aliphatic heterocycles. The molecule has 1 N–H and O–H groups in total. The van der Waals surface area contributed by atoms with Gasteiger partial charge in [-0.25, -0.2) is 0 Å². The molecule has 0 amide bonds. The van der Waals surface area contributed by atoms with E-state index in [1.54, 1.807) is 0 Å². The lowest BCUT2D eigenvalue weighted by Crippen LogP contribution is -2.20. The van der Waals surface area contributed by atoms with Crippen molar-refractivity contribution in [3.05, 3.63) is 53.6 Å². The van der Waals surface area contributed by atoms with E-state index in [0.29, 0.717) is 19.6 Å². The van der Waals surface area contributed by atoms with Crippen LogP contribution in [-0.2, 0) is 6.42 Å². The van der Waals surface area contributed by atoms with Crippen molar-refractivity contribution in [3.63, 3.8) is 0 Å². The molecule has 0 atom stereocenters. The maximum absolute atomic E-state index is 5.84. The molecule has 0 saturated carbocycles. The number of ether oxygens (including phenoxy) is 2. The van der Waals surface area contributed by atoms with Gasteiger partial charge >= 0.3 is 0 Å². The monoisotopic (exact) mass is 352 g/mol. The van der Waals surface area contributed by atoms with Crippen LogP contribution in [0.1, 0.15) is 24.0 Å². The van der Waals surface area contributed by atoms with Crippen LogP contribution in [0.15, 0.2) is 47.5 Å². The summed E-state index contributed by atoms with van der Waals surface area (Å²) in [5.41, 5.74) is 4.41. The fraction of sp³-hybridized carbons (Fsp3) is 0.300. The Hall–Kier alpha value is -2.40. The fourth-order valence-electron chi connectivity index (χ4n) is 3.15. The molecule has 2 aromatic carbocycles. The predicted molar refractivity (Wildman–Crippen MR) is 104 cm³/mol. The molecule has 2 aliphatic rings. The third kappa shape index (κ3) is 3.66. The van der Waals surface area contributed by atoms with Gasteiger partial charge in [0.2, 0.25) is 0 Å². The highest BCUT2D eigenvalue weighted by Crippen LogP contribution is 2.35. The smallest absolute Gasteiger partial charge is 0.161 e. The summed E-state index contributed by atoms with van der Waals surface area (Å²) in [5, 5.41) is 3.29. The molecule has 0 radical (unpaired) electrons. The van der Waals surface area contributed by atoms with Crippen molar-refractivity contribution >= 4 is 28.6 Å². The number of rotatable bonds is 3. The lowest BCUT2D eigenvalue weighted by atomic mass is 9.95.